The second-order valence-electron chi connectivity index (χ2n) is 9.87. The highest BCUT2D eigenvalue weighted by Gasteiger charge is 2.34. The molecule has 1 aromatic heterocycles. The first-order valence-corrected chi connectivity index (χ1v) is 13.5. The Morgan fingerprint density at radius 2 is 1.81 bits per heavy atom. The molecule has 2 N–H and O–H groups in total. The highest BCUT2D eigenvalue weighted by molar-refractivity contribution is 6.42. The van der Waals surface area contributed by atoms with Crippen LogP contribution in [0, 0.1) is 5.92 Å². The molecule has 2 saturated heterocycles. The summed E-state index contributed by atoms with van der Waals surface area (Å²) in [6, 6.07) is 13.6. The number of aromatic amines is 1. The Balaban J connectivity index is 1.12. The van der Waals surface area contributed by atoms with Gasteiger partial charge in [0.05, 0.1) is 27.7 Å². The lowest BCUT2D eigenvalue weighted by molar-refractivity contribution is -0.127. The molecule has 3 heterocycles. The highest BCUT2D eigenvalue weighted by atomic mass is 35.5. The maximum atomic E-state index is 12.7. The highest BCUT2D eigenvalue weighted by Crippen LogP contribution is 2.32. The van der Waals surface area contributed by atoms with Gasteiger partial charge in [0.15, 0.2) is 0 Å². The SMILES string of the molecule is O=C(/C=C/c1ccc(Cl)c(Cl)c1)N1CCC(C(CO)N2CCC(c3nc4ccccc4[nH]3)CC2)CC1. The predicted octanol–water partition coefficient (Wildman–Crippen LogP) is 5.36. The summed E-state index contributed by atoms with van der Waals surface area (Å²) in [6.07, 6.45) is 7.26. The summed E-state index contributed by atoms with van der Waals surface area (Å²) >= 11 is 12.0. The van der Waals surface area contributed by atoms with Crippen LogP contribution < -0.4 is 0 Å². The summed E-state index contributed by atoms with van der Waals surface area (Å²) in [5.41, 5.74) is 2.96. The monoisotopic (exact) mass is 526 g/mol. The number of amides is 1. The third-order valence-corrected chi connectivity index (χ3v) is 8.48. The summed E-state index contributed by atoms with van der Waals surface area (Å²) in [4.78, 5) is 25.4. The van der Waals surface area contributed by atoms with E-state index in [0.717, 1.165) is 61.2 Å². The Bertz CT molecular complexity index is 1190. The van der Waals surface area contributed by atoms with Crippen LogP contribution in [-0.2, 0) is 4.79 Å². The molecular formula is C28H32Cl2N4O2. The van der Waals surface area contributed by atoms with Crippen molar-refractivity contribution in [1.29, 1.82) is 0 Å². The zero-order chi connectivity index (χ0) is 25.1. The minimum Gasteiger partial charge on any atom is -0.395 e. The number of nitrogens with zero attached hydrogens (tertiary/aromatic N) is 3. The van der Waals surface area contributed by atoms with Crippen LogP contribution in [0.4, 0.5) is 0 Å². The number of aromatic nitrogens is 2. The van der Waals surface area contributed by atoms with Gasteiger partial charge in [0.25, 0.3) is 0 Å². The lowest BCUT2D eigenvalue weighted by Crippen LogP contribution is -2.50. The first-order chi connectivity index (χ1) is 17.5. The summed E-state index contributed by atoms with van der Waals surface area (Å²) in [7, 11) is 0. The maximum absolute atomic E-state index is 12.7. The third-order valence-electron chi connectivity index (χ3n) is 7.74. The summed E-state index contributed by atoms with van der Waals surface area (Å²) in [5.74, 6) is 1.90. The topological polar surface area (TPSA) is 72.5 Å². The summed E-state index contributed by atoms with van der Waals surface area (Å²) in [6.45, 7) is 3.49. The standard InChI is InChI=1S/C28H32Cl2N4O2/c29-22-7-5-19(17-23(22)30)6-8-27(36)34-15-9-20(10-16-34)26(18-35)33-13-11-21(12-14-33)28-31-24-3-1-2-4-25(24)32-28/h1-8,17,20-21,26,35H,9-16,18H2,(H,31,32)/b8-6+. The van der Waals surface area contributed by atoms with Gasteiger partial charge in [0.1, 0.15) is 5.82 Å². The van der Waals surface area contributed by atoms with E-state index in [1.54, 1.807) is 24.3 Å². The molecular weight excluding hydrogens is 495 g/mol. The van der Waals surface area contributed by atoms with Gasteiger partial charge in [-0.2, -0.15) is 0 Å². The number of halogens is 2. The van der Waals surface area contributed by atoms with Crippen LogP contribution in [0.2, 0.25) is 10.0 Å². The van der Waals surface area contributed by atoms with E-state index in [2.05, 4.69) is 16.0 Å². The number of para-hydroxylation sites is 2. The lowest BCUT2D eigenvalue weighted by Gasteiger charge is -2.43. The number of carbonyl (C=O) groups excluding carboxylic acids is 1. The molecule has 0 spiro atoms. The molecule has 3 aromatic rings. The van der Waals surface area contributed by atoms with Crippen molar-refractivity contribution < 1.29 is 9.90 Å². The van der Waals surface area contributed by atoms with Gasteiger partial charge >= 0.3 is 0 Å². The number of likely N-dealkylation sites (tertiary alicyclic amines) is 2. The van der Waals surface area contributed by atoms with Crippen LogP contribution in [0.1, 0.15) is 43.0 Å². The number of piperidine rings is 2. The molecule has 2 fully saturated rings. The van der Waals surface area contributed by atoms with Gasteiger partial charge in [-0.25, -0.2) is 4.98 Å². The van der Waals surface area contributed by atoms with E-state index < -0.39 is 0 Å². The van der Waals surface area contributed by atoms with Crippen molar-refractivity contribution in [1.82, 2.24) is 19.8 Å². The molecule has 36 heavy (non-hydrogen) atoms. The van der Waals surface area contributed by atoms with E-state index >= 15 is 0 Å². The van der Waals surface area contributed by atoms with Crippen LogP contribution in [-0.4, -0.2) is 69.6 Å². The number of hydrogen-bond acceptors (Lipinski definition) is 4. The molecule has 0 radical (unpaired) electrons. The van der Waals surface area contributed by atoms with Crippen molar-refractivity contribution >= 4 is 46.2 Å². The van der Waals surface area contributed by atoms with Gasteiger partial charge < -0.3 is 15.0 Å². The van der Waals surface area contributed by atoms with E-state index in [1.807, 2.05) is 29.2 Å². The molecule has 0 aliphatic carbocycles. The minimum absolute atomic E-state index is 0.00622. The molecule has 2 aromatic carbocycles. The minimum atomic E-state index is 0.00622. The van der Waals surface area contributed by atoms with Crippen LogP contribution in [0.5, 0.6) is 0 Å². The van der Waals surface area contributed by atoms with Gasteiger partial charge in [-0.05, 0) is 80.6 Å². The van der Waals surface area contributed by atoms with E-state index in [-0.39, 0.29) is 18.6 Å². The molecule has 6 nitrogen and oxygen atoms in total. The fraction of sp³-hybridized carbons (Fsp3) is 0.429. The molecule has 1 unspecified atom stereocenters. The van der Waals surface area contributed by atoms with Gasteiger partial charge in [0, 0.05) is 31.1 Å². The van der Waals surface area contributed by atoms with Crippen molar-refractivity contribution in [3.63, 3.8) is 0 Å². The Morgan fingerprint density at radius 3 is 2.50 bits per heavy atom. The number of carbonyl (C=O) groups is 1. The number of hydrogen-bond donors (Lipinski definition) is 2. The van der Waals surface area contributed by atoms with Crippen molar-refractivity contribution in [2.24, 2.45) is 5.92 Å². The van der Waals surface area contributed by atoms with E-state index in [4.69, 9.17) is 28.2 Å². The fourth-order valence-corrected chi connectivity index (χ4v) is 5.93. The summed E-state index contributed by atoms with van der Waals surface area (Å²) in [5, 5.41) is 11.2. The van der Waals surface area contributed by atoms with Gasteiger partial charge in [-0.3, -0.25) is 9.69 Å². The van der Waals surface area contributed by atoms with Crippen molar-refractivity contribution in [2.75, 3.05) is 32.8 Å². The number of rotatable bonds is 6. The van der Waals surface area contributed by atoms with Crippen LogP contribution in [0.3, 0.4) is 0 Å². The predicted molar refractivity (Wildman–Crippen MR) is 145 cm³/mol. The molecule has 8 heteroatoms. The van der Waals surface area contributed by atoms with Crippen molar-refractivity contribution in [2.45, 2.75) is 37.6 Å². The molecule has 0 saturated carbocycles. The fourth-order valence-electron chi connectivity index (χ4n) is 5.63. The quantitative estimate of drug-likeness (QED) is 0.424. The maximum Gasteiger partial charge on any atom is 0.246 e. The lowest BCUT2D eigenvalue weighted by atomic mass is 9.86. The van der Waals surface area contributed by atoms with Crippen LogP contribution >= 0.6 is 23.2 Å². The molecule has 0 bridgehead atoms. The third kappa shape index (κ3) is 5.62. The molecule has 190 valence electrons. The number of nitrogens with one attached hydrogen (secondary N) is 1. The second kappa shape index (κ2) is 11.3. The number of aliphatic hydroxyl groups is 1. The van der Waals surface area contributed by atoms with E-state index in [0.29, 0.717) is 35.0 Å². The normalized spacial score (nSPS) is 19.4. The molecule has 1 atom stereocenters. The zero-order valence-corrected chi connectivity index (χ0v) is 21.8. The van der Waals surface area contributed by atoms with Gasteiger partial charge in [0.2, 0.25) is 5.91 Å². The number of imidazole rings is 1. The molecule has 1 amide bonds. The van der Waals surface area contributed by atoms with Crippen molar-refractivity contribution in [3.8, 4) is 0 Å². The molecule has 5 rings (SSSR count). The Labute approximate surface area is 221 Å². The van der Waals surface area contributed by atoms with E-state index in [1.165, 1.54) is 0 Å². The summed E-state index contributed by atoms with van der Waals surface area (Å²) < 4.78 is 0. The Hall–Kier alpha value is -2.38. The smallest absolute Gasteiger partial charge is 0.246 e. The van der Waals surface area contributed by atoms with E-state index in [9.17, 15) is 9.90 Å². The number of fused-ring (bicyclic) bond motifs is 1. The van der Waals surface area contributed by atoms with Gasteiger partial charge in [-0.1, -0.05) is 41.4 Å². The second-order valence-corrected chi connectivity index (χ2v) is 10.7. The average molecular weight is 527 g/mol. The first kappa shape index (κ1) is 25.3. The van der Waals surface area contributed by atoms with Crippen molar-refractivity contribution in [3.05, 3.63) is 70.0 Å². The van der Waals surface area contributed by atoms with Crippen LogP contribution in [0.15, 0.2) is 48.5 Å². The first-order valence-electron chi connectivity index (χ1n) is 12.7. The Morgan fingerprint density at radius 1 is 1.06 bits per heavy atom. The molecule has 2 aliphatic rings. The average Bonchev–Trinajstić information content (AvgIpc) is 3.35. The largest absolute Gasteiger partial charge is 0.395 e. The van der Waals surface area contributed by atoms with Crippen LogP contribution in [0.25, 0.3) is 17.1 Å². The number of aliphatic hydroxyl groups excluding tert-OH is 1. The molecule has 2 aliphatic heterocycles. The Kier molecular flexibility index (Phi) is 7.96. The zero-order valence-electron chi connectivity index (χ0n) is 20.2. The van der Waals surface area contributed by atoms with Gasteiger partial charge in [-0.15, -0.1) is 0 Å². The number of benzene rings is 2. The number of H-pyrrole nitrogens is 1.